The van der Waals surface area contributed by atoms with Gasteiger partial charge in [0.25, 0.3) is 0 Å². The minimum absolute atomic E-state index is 0.138. The molecule has 0 spiro atoms. The Morgan fingerprint density at radius 2 is 1.88 bits per heavy atom. The average Bonchev–Trinajstić information content (AvgIpc) is 3.42. The summed E-state index contributed by atoms with van der Waals surface area (Å²) in [6.07, 6.45) is 1.84. The lowest BCUT2D eigenvalue weighted by molar-refractivity contribution is -0.136. The first-order chi connectivity index (χ1) is 12.1. The molecule has 0 radical (unpaired) electrons. The third-order valence-electron chi connectivity index (χ3n) is 4.01. The predicted molar refractivity (Wildman–Crippen MR) is 95.1 cm³/mol. The number of rotatable bonds is 11. The number of ether oxygens (including phenoxy) is 2. The van der Waals surface area contributed by atoms with E-state index in [4.69, 9.17) is 9.47 Å². The first kappa shape index (κ1) is 19.4. The van der Waals surface area contributed by atoms with Crippen LogP contribution in [0.15, 0.2) is 30.3 Å². The van der Waals surface area contributed by atoms with Crippen molar-refractivity contribution in [2.24, 2.45) is 0 Å². The topological polar surface area (TPSA) is 76.7 Å². The van der Waals surface area contributed by atoms with Crippen molar-refractivity contribution in [2.75, 3.05) is 19.8 Å². The Morgan fingerprint density at radius 3 is 2.52 bits per heavy atom. The summed E-state index contributed by atoms with van der Waals surface area (Å²) in [6, 6.07) is 9.32. The Balaban J connectivity index is 1.89. The molecule has 1 aliphatic rings. The summed E-state index contributed by atoms with van der Waals surface area (Å²) in [7, 11) is 0. The molecule has 0 aliphatic heterocycles. The molecule has 0 saturated heterocycles. The molecule has 6 heteroatoms. The molecule has 138 valence electrons. The van der Waals surface area contributed by atoms with E-state index in [-0.39, 0.29) is 17.9 Å². The van der Waals surface area contributed by atoms with Gasteiger partial charge in [0, 0.05) is 19.1 Å². The second kappa shape index (κ2) is 10.2. The fraction of sp³-hybridized carbons (Fsp3) is 0.579. The molecule has 0 bridgehead atoms. The minimum Gasteiger partial charge on any atom is -0.379 e. The van der Waals surface area contributed by atoms with Crippen molar-refractivity contribution in [3.8, 4) is 0 Å². The Labute approximate surface area is 149 Å². The zero-order chi connectivity index (χ0) is 18.1. The predicted octanol–water partition coefficient (Wildman–Crippen LogP) is 1.43. The van der Waals surface area contributed by atoms with Crippen LogP contribution in [-0.2, 0) is 25.5 Å². The SMILES string of the molecule is CCOCCO[C@H](C)C(=O)N[C@@H](Cc1ccccc1)C(=O)NC1CC1. The Hall–Kier alpha value is -1.92. The van der Waals surface area contributed by atoms with Crippen molar-refractivity contribution in [3.05, 3.63) is 35.9 Å². The van der Waals surface area contributed by atoms with Crippen molar-refractivity contribution in [2.45, 2.75) is 51.3 Å². The lowest BCUT2D eigenvalue weighted by Gasteiger charge is -2.21. The molecule has 0 heterocycles. The quantitative estimate of drug-likeness (QED) is 0.593. The Morgan fingerprint density at radius 1 is 1.16 bits per heavy atom. The average molecular weight is 348 g/mol. The van der Waals surface area contributed by atoms with Gasteiger partial charge in [-0.05, 0) is 32.3 Å². The molecule has 1 aromatic rings. The lowest BCUT2D eigenvalue weighted by Crippen LogP contribution is -2.51. The summed E-state index contributed by atoms with van der Waals surface area (Å²) in [6.45, 7) is 5.00. The van der Waals surface area contributed by atoms with Gasteiger partial charge >= 0.3 is 0 Å². The molecule has 1 saturated carbocycles. The Bertz CT molecular complexity index is 546. The molecular weight excluding hydrogens is 320 g/mol. The van der Waals surface area contributed by atoms with E-state index < -0.39 is 12.1 Å². The lowest BCUT2D eigenvalue weighted by atomic mass is 10.0. The molecule has 25 heavy (non-hydrogen) atoms. The van der Waals surface area contributed by atoms with E-state index in [0.717, 1.165) is 18.4 Å². The molecule has 0 unspecified atom stereocenters. The van der Waals surface area contributed by atoms with Crippen LogP contribution >= 0.6 is 0 Å². The van der Waals surface area contributed by atoms with Crippen molar-refractivity contribution < 1.29 is 19.1 Å². The van der Waals surface area contributed by atoms with Crippen LogP contribution < -0.4 is 10.6 Å². The van der Waals surface area contributed by atoms with Gasteiger partial charge in [0.2, 0.25) is 11.8 Å². The molecule has 1 aliphatic carbocycles. The van der Waals surface area contributed by atoms with Crippen LogP contribution in [0.3, 0.4) is 0 Å². The van der Waals surface area contributed by atoms with Crippen molar-refractivity contribution in [1.82, 2.24) is 10.6 Å². The van der Waals surface area contributed by atoms with Crippen molar-refractivity contribution in [3.63, 3.8) is 0 Å². The monoisotopic (exact) mass is 348 g/mol. The fourth-order valence-electron chi connectivity index (χ4n) is 2.38. The highest BCUT2D eigenvalue weighted by atomic mass is 16.5. The third-order valence-corrected chi connectivity index (χ3v) is 4.01. The van der Waals surface area contributed by atoms with E-state index in [0.29, 0.717) is 26.2 Å². The summed E-state index contributed by atoms with van der Waals surface area (Å²) in [5, 5.41) is 5.79. The fourth-order valence-corrected chi connectivity index (χ4v) is 2.38. The molecule has 2 amide bonds. The van der Waals surface area contributed by atoms with Gasteiger partial charge in [-0.1, -0.05) is 30.3 Å². The highest BCUT2D eigenvalue weighted by Crippen LogP contribution is 2.19. The van der Waals surface area contributed by atoms with Crippen LogP contribution in [0.5, 0.6) is 0 Å². The van der Waals surface area contributed by atoms with Gasteiger partial charge in [-0.25, -0.2) is 0 Å². The van der Waals surface area contributed by atoms with E-state index in [1.165, 1.54) is 0 Å². The smallest absolute Gasteiger partial charge is 0.249 e. The summed E-state index contributed by atoms with van der Waals surface area (Å²) < 4.78 is 10.7. The maximum Gasteiger partial charge on any atom is 0.249 e. The Kier molecular flexibility index (Phi) is 7.88. The van der Waals surface area contributed by atoms with Gasteiger partial charge in [0.05, 0.1) is 13.2 Å². The number of amides is 2. The van der Waals surface area contributed by atoms with Crippen LogP contribution in [0.4, 0.5) is 0 Å². The summed E-state index contributed by atoms with van der Waals surface area (Å²) in [5.74, 6) is -0.426. The number of nitrogens with one attached hydrogen (secondary N) is 2. The standard InChI is InChI=1S/C19H28N2O4/c1-3-24-11-12-25-14(2)18(22)21-17(19(23)20-16-9-10-16)13-15-7-5-4-6-8-15/h4-8,14,16-17H,3,9-13H2,1-2H3,(H,20,23)(H,21,22)/t14-,17+/m1/s1. The molecule has 2 N–H and O–H groups in total. The van der Waals surface area contributed by atoms with Gasteiger partial charge in [-0.3, -0.25) is 9.59 Å². The van der Waals surface area contributed by atoms with Crippen LogP contribution in [0, 0.1) is 0 Å². The van der Waals surface area contributed by atoms with E-state index in [1.54, 1.807) is 6.92 Å². The normalized spacial score (nSPS) is 16.1. The molecule has 0 aromatic heterocycles. The maximum atomic E-state index is 12.5. The molecule has 6 nitrogen and oxygen atoms in total. The van der Waals surface area contributed by atoms with E-state index in [9.17, 15) is 9.59 Å². The first-order valence-corrected chi connectivity index (χ1v) is 8.94. The zero-order valence-electron chi connectivity index (χ0n) is 15.0. The van der Waals surface area contributed by atoms with Gasteiger partial charge < -0.3 is 20.1 Å². The third kappa shape index (κ3) is 7.23. The summed E-state index contributed by atoms with van der Waals surface area (Å²) >= 11 is 0. The zero-order valence-corrected chi connectivity index (χ0v) is 15.0. The van der Waals surface area contributed by atoms with Crippen molar-refractivity contribution >= 4 is 11.8 Å². The molecular formula is C19H28N2O4. The second-order valence-electron chi connectivity index (χ2n) is 6.24. The van der Waals surface area contributed by atoms with Gasteiger partial charge in [-0.2, -0.15) is 0 Å². The maximum absolute atomic E-state index is 12.5. The van der Waals surface area contributed by atoms with Crippen LogP contribution in [0.1, 0.15) is 32.3 Å². The number of hydrogen-bond acceptors (Lipinski definition) is 4. The first-order valence-electron chi connectivity index (χ1n) is 8.94. The second-order valence-corrected chi connectivity index (χ2v) is 6.24. The molecule has 1 fully saturated rings. The van der Waals surface area contributed by atoms with Crippen LogP contribution in [0.25, 0.3) is 0 Å². The highest BCUT2D eigenvalue weighted by Gasteiger charge is 2.29. The van der Waals surface area contributed by atoms with Gasteiger partial charge in [0.15, 0.2) is 0 Å². The number of benzene rings is 1. The highest BCUT2D eigenvalue weighted by molar-refractivity contribution is 5.89. The number of hydrogen-bond donors (Lipinski definition) is 2. The van der Waals surface area contributed by atoms with E-state index in [1.807, 2.05) is 37.3 Å². The number of carbonyl (C=O) groups excluding carboxylic acids is 2. The largest absolute Gasteiger partial charge is 0.379 e. The molecule has 2 atom stereocenters. The van der Waals surface area contributed by atoms with Gasteiger partial charge in [-0.15, -0.1) is 0 Å². The number of carbonyl (C=O) groups is 2. The van der Waals surface area contributed by atoms with Crippen LogP contribution in [-0.4, -0.2) is 49.8 Å². The minimum atomic E-state index is -0.632. The van der Waals surface area contributed by atoms with E-state index in [2.05, 4.69) is 10.6 Å². The summed E-state index contributed by atoms with van der Waals surface area (Å²) in [5.41, 5.74) is 1.00. The summed E-state index contributed by atoms with van der Waals surface area (Å²) in [4.78, 5) is 24.8. The van der Waals surface area contributed by atoms with Crippen molar-refractivity contribution in [1.29, 1.82) is 0 Å². The van der Waals surface area contributed by atoms with E-state index >= 15 is 0 Å². The molecule has 1 aromatic carbocycles. The van der Waals surface area contributed by atoms with Gasteiger partial charge in [0.1, 0.15) is 12.1 Å². The molecule has 2 rings (SSSR count). The van der Waals surface area contributed by atoms with Crippen LogP contribution in [0.2, 0.25) is 0 Å².